The van der Waals surface area contributed by atoms with Crippen LogP contribution in [0.15, 0.2) is 45.3 Å². The molecule has 1 heterocycles. The minimum Gasteiger partial charge on any atom is -0.312 e. The molecular formula is C13H13IN2OS. The molecule has 18 heavy (non-hydrogen) atoms. The van der Waals surface area contributed by atoms with Crippen molar-refractivity contribution >= 4 is 34.4 Å². The second-order valence-electron chi connectivity index (χ2n) is 4.18. The summed E-state index contributed by atoms with van der Waals surface area (Å²) in [5.41, 5.74) is 1.22. The van der Waals surface area contributed by atoms with Gasteiger partial charge in [0.2, 0.25) is 0 Å². The first-order valence-corrected chi connectivity index (χ1v) is 7.48. The molecule has 0 spiro atoms. The van der Waals surface area contributed by atoms with E-state index in [0.29, 0.717) is 9.49 Å². The number of aromatic nitrogens is 2. The fourth-order valence-electron chi connectivity index (χ4n) is 1.47. The van der Waals surface area contributed by atoms with Crippen molar-refractivity contribution in [3.05, 3.63) is 50.1 Å². The summed E-state index contributed by atoms with van der Waals surface area (Å²) in [4.78, 5) is 19.3. The maximum Gasteiger partial charge on any atom is 0.265 e. The molecule has 0 radical (unpaired) electrons. The third kappa shape index (κ3) is 3.14. The minimum atomic E-state index is -0.0908. The smallest absolute Gasteiger partial charge is 0.265 e. The van der Waals surface area contributed by atoms with Gasteiger partial charge in [-0.1, -0.05) is 37.7 Å². The van der Waals surface area contributed by atoms with E-state index in [1.807, 2.05) is 22.6 Å². The normalized spacial score (nSPS) is 10.9. The molecule has 1 aromatic heterocycles. The van der Waals surface area contributed by atoms with E-state index in [2.05, 4.69) is 48.1 Å². The lowest BCUT2D eigenvalue weighted by Gasteiger charge is -2.06. The van der Waals surface area contributed by atoms with Gasteiger partial charge >= 0.3 is 0 Å². The monoisotopic (exact) mass is 372 g/mol. The first kappa shape index (κ1) is 13.6. The molecule has 0 amide bonds. The van der Waals surface area contributed by atoms with Gasteiger partial charge in [0.1, 0.15) is 8.60 Å². The number of hydrogen-bond donors (Lipinski definition) is 1. The highest BCUT2D eigenvalue weighted by atomic mass is 127. The average Bonchev–Trinajstić information content (AvgIpc) is 2.36. The van der Waals surface area contributed by atoms with Crippen molar-refractivity contribution in [2.45, 2.75) is 29.7 Å². The summed E-state index contributed by atoms with van der Waals surface area (Å²) in [6, 6.07) is 8.37. The van der Waals surface area contributed by atoms with Crippen LogP contribution in [0.2, 0.25) is 0 Å². The maximum atomic E-state index is 11.5. The third-order valence-electron chi connectivity index (χ3n) is 2.53. The van der Waals surface area contributed by atoms with Crippen LogP contribution in [0.3, 0.4) is 0 Å². The molecule has 0 aliphatic heterocycles. The molecule has 0 bridgehead atoms. The van der Waals surface area contributed by atoms with Crippen molar-refractivity contribution in [2.75, 3.05) is 0 Å². The van der Waals surface area contributed by atoms with E-state index < -0.39 is 0 Å². The Morgan fingerprint density at radius 2 is 1.94 bits per heavy atom. The van der Waals surface area contributed by atoms with Gasteiger partial charge in [0, 0.05) is 4.90 Å². The number of rotatable bonds is 3. The van der Waals surface area contributed by atoms with Crippen LogP contribution in [0, 0.1) is 3.57 Å². The molecule has 0 atom stereocenters. The summed E-state index contributed by atoms with van der Waals surface area (Å²) in [6.07, 6.45) is 1.44. The van der Waals surface area contributed by atoms with E-state index in [9.17, 15) is 4.79 Å². The molecule has 2 rings (SSSR count). The van der Waals surface area contributed by atoms with Crippen molar-refractivity contribution in [1.82, 2.24) is 9.97 Å². The molecule has 0 unspecified atom stereocenters. The fraction of sp³-hybridized carbons (Fsp3) is 0.231. The first-order valence-electron chi connectivity index (χ1n) is 5.59. The van der Waals surface area contributed by atoms with Gasteiger partial charge in [-0.05, 0) is 46.2 Å². The molecule has 2 aromatic rings. The Hall–Kier alpha value is -0.820. The molecule has 5 heteroatoms. The summed E-state index contributed by atoms with van der Waals surface area (Å²) in [7, 11) is 0. The van der Waals surface area contributed by atoms with Crippen LogP contribution in [-0.2, 0) is 0 Å². The summed E-state index contributed by atoms with van der Waals surface area (Å²) in [6.45, 7) is 4.34. The lowest BCUT2D eigenvalue weighted by atomic mass is 10.0. The highest BCUT2D eigenvalue weighted by Gasteiger charge is 2.07. The van der Waals surface area contributed by atoms with Crippen molar-refractivity contribution in [3.63, 3.8) is 0 Å². The summed E-state index contributed by atoms with van der Waals surface area (Å²) in [5, 5.41) is 0.747. The largest absolute Gasteiger partial charge is 0.312 e. The Morgan fingerprint density at radius 3 is 2.56 bits per heavy atom. The van der Waals surface area contributed by atoms with E-state index >= 15 is 0 Å². The zero-order valence-electron chi connectivity index (χ0n) is 10.1. The molecule has 3 nitrogen and oxygen atoms in total. The quantitative estimate of drug-likeness (QED) is 0.661. The van der Waals surface area contributed by atoms with Crippen LogP contribution in [0.1, 0.15) is 25.3 Å². The van der Waals surface area contributed by atoms with Crippen molar-refractivity contribution < 1.29 is 0 Å². The lowest BCUT2D eigenvalue weighted by Crippen LogP contribution is -2.10. The summed E-state index contributed by atoms with van der Waals surface area (Å²) < 4.78 is 0.632. The molecular weight excluding hydrogens is 359 g/mol. The Morgan fingerprint density at radius 1 is 1.28 bits per heavy atom. The van der Waals surface area contributed by atoms with Gasteiger partial charge < -0.3 is 4.98 Å². The van der Waals surface area contributed by atoms with Gasteiger partial charge in [0.05, 0.1) is 6.33 Å². The van der Waals surface area contributed by atoms with Gasteiger partial charge in [-0.15, -0.1) is 0 Å². The van der Waals surface area contributed by atoms with Gasteiger partial charge in [-0.25, -0.2) is 4.98 Å². The number of nitrogens with zero attached hydrogens (tertiary/aromatic N) is 1. The van der Waals surface area contributed by atoms with Crippen LogP contribution < -0.4 is 5.56 Å². The van der Waals surface area contributed by atoms with E-state index in [4.69, 9.17) is 0 Å². The van der Waals surface area contributed by atoms with Crippen LogP contribution in [0.5, 0.6) is 0 Å². The molecule has 0 fully saturated rings. The van der Waals surface area contributed by atoms with E-state index in [1.165, 1.54) is 23.7 Å². The second kappa shape index (κ2) is 5.88. The highest BCUT2D eigenvalue weighted by Crippen LogP contribution is 2.28. The molecule has 1 aromatic carbocycles. The number of halogens is 1. The predicted octanol–water partition coefficient (Wildman–Crippen LogP) is 3.65. The topological polar surface area (TPSA) is 45.8 Å². The number of nitrogens with one attached hydrogen (secondary N) is 1. The standard InChI is InChI=1S/C13H13IN2OS/c1-8(2)9-3-5-10(6-4-9)18-13-11(14)12(17)15-7-16-13/h3-8H,1-2H3,(H,15,16,17). The predicted molar refractivity (Wildman–Crippen MR) is 82.2 cm³/mol. The van der Waals surface area contributed by atoms with E-state index in [1.54, 1.807) is 0 Å². The van der Waals surface area contributed by atoms with Crippen LogP contribution in [0.4, 0.5) is 0 Å². The van der Waals surface area contributed by atoms with E-state index in [-0.39, 0.29) is 5.56 Å². The zero-order valence-corrected chi connectivity index (χ0v) is 13.1. The molecule has 0 saturated carbocycles. The molecule has 0 aliphatic carbocycles. The first-order chi connectivity index (χ1) is 8.58. The van der Waals surface area contributed by atoms with Crippen LogP contribution >= 0.6 is 34.4 Å². The van der Waals surface area contributed by atoms with Gasteiger partial charge in [0.15, 0.2) is 0 Å². The third-order valence-corrected chi connectivity index (χ3v) is 4.90. The van der Waals surface area contributed by atoms with Gasteiger partial charge in [-0.3, -0.25) is 4.79 Å². The van der Waals surface area contributed by atoms with Gasteiger partial charge in [0.25, 0.3) is 5.56 Å². The number of hydrogen-bond acceptors (Lipinski definition) is 3. The lowest BCUT2D eigenvalue weighted by molar-refractivity contribution is 0.865. The molecule has 94 valence electrons. The molecule has 1 N–H and O–H groups in total. The highest BCUT2D eigenvalue weighted by molar-refractivity contribution is 14.1. The van der Waals surface area contributed by atoms with Crippen molar-refractivity contribution in [1.29, 1.82) is 0 Å². The SMILES string of the molecule is CC(C)c1ccc(Sc2nc[nH]c(=O)c2I)cc1. The fourth-order valence-corrected chi connectivity index (χ4v) is 2.88. The number of H-pyrrole nitrogens is 1. The Labute approximate surface area is 124 Å². The minimum absolute atomic E-state index is 0.0908. The second-order valence-corrected chi connectivity index (χ2v) is 6.32. The van der Waals surface area contributed by atoms with E-state index in [0.717, 1.165) is 9.92 Å². The average molecular weight is 372 g/mol. The zero-order chi connectivity index (χ0) is 13.1. The molecule has 0 aliphatic rings. The van der Waals surface area contributed by atoms with Crippen molar-refractivity contribution in [2.24, 2.45) is 0 Å². The Kier molecular flexibility index (Phi) is 4.45. The van der Waals surface area contributed by atoms with Crippen LogP contribution in [0.25, 0.3) is 0 Å². The van der Waals surface area contributed by atoms with Crippen molar-refractivity contribution in [3.8, 4) is 0 Å². The Balaban J connectivity index is 2.24. The van der Waals surface area contributed by atoms with Crippen LogP contribution in [-0.4, -0.2) is 9.97 Å². The Bertz CT molecular complexity index is 593. The summed E-state index contributed by atoms with van der Waals surface area (Å²) in [5.74, 6) is 0.530. The summed E-state index contributed by atoms with van der Waals surface area (Å²) >= 11 is 3.53. The van der Waals surface area contributed by atoms with Gasteiger partial charge in [-0.2, -0.15) is 0 Å². The maximum absolute atomic E-state index is 11.5. The number of aromatic amines is 1. The molecule has 0 saturated heterocycles. The number of benzene rings is 1.